The molecule has 152 valence electrons. The molecule has 1 saturated carbocycles. The van der Waals surface area contributed by atoms with Crippen molar-refractivity contribution in [3.05, 3.63) is 34.9 Å². The first-order valence-electron chi connectivity index (χ1n) is 9.59. The Morgan fingerprint density at radius 2 is 1.56 bits per heavy atom. The third kappa shape index (κ3) is 5.04. The zero-order valence-electron chi connectivity index (χ0n) is 15.3. The molecule has 1 aromatic carbocycles. The fraction of sp³-hybridized carbons (Fsp3) is 0.700. The predicted molar refractivity (Wildman–Crippen MR) is 97.7 cm³/mol. The van der Waals surface area contributed by atoms with Crippen LogP contribution in [0.5, 0.6) is 0 Å². The molecule has 0 spiro atoms. The summed E-state index contributed by atoms with van der Waals surface area (Å²) in [6.07, 6.45) is 6.36. The third-order valence-corrected chi connectivity index (χ3v) is 6.19. The molecule has 0 N–H and O–H groups in total. The Balaban J connectivity index is 1.58. The van der Waals surface area contributed by atoms with E-state index in [1.165, 1.54) is 25.7 Å². The average Bonchev–Trinajstić information content (AvgIpc) is 2.61. The zero-order valence-corrected chi connectivity index (χ0v) is 16.9. The second-order valence-corrected chi connectivity index (χ2v) is 8.68. The molecule has 1 aliphatic carbocycles. The van der Waals surface area contributed by atoms with Crippen molar-refractivity contribution in [2.45, 2.75) is 56.6 Å². The molecule has 0 unspecified atom stereocenters. The van der Waals surface area contributed by atoms with Crippen LogP contribution in [0.1, 0.15) is 62.9 Å². The Kier molecular flexibility index (Phi) is 6.85. The molecule has 0 bridgehead atoms. The highest BCUT2D eigenvalue weighted by Gasteiger charge is 2.37. The van der Waals surface area contributed by atoms with Gasteiger partial charge in [-0.05, 0) is 52.7 Å². The molecule has 3 rings (SSSR count). The van der Waals surface area contributed by atoms with E-state index in [0.717, 1.165) is 30.9 Å². The largest absolute Gasteiger partial charge is 0.348 e. The van der Waals surface area contributed by atoms with E-state index < -0.39 is 28.3 Å². The first-order chi connectivity index (χ1) is 12.8. The summed E-state index contributed by atoms with van der Waals surface area (Å²) in [5, 5.41) is 0. The Morgan fingerprint density at radius 3 is 2.04 bits per heavy atom. The van der Waals surface area contributed by atoms with Crippen molar-refractivity contribution in [3.8, 4) is 0 Å². The van der Waals surface area contributed by atoms with Gasteiger partial charge in [0.1, 0.15) is 17.2 Å². The summed E-state index contributed by atoms with van der Waals surface area (Å²) < 4.78 is 65.8. The van der Waals surface area contributed by atoms with E-state index in [-0.39, 0.29) is 11.5 Å². The average molecular weight is 453 g/mol. The Hall–Kier alpha value is -0.660. The number of halogens is 5. The molecule has 1 aliphatic heterocycles. The molecule has 1 saturated heterocycles. The van der Waals surface area contributed by atoms with Gasteiger partial charge in [-0.25, -0.2) is 8.78 Å². The van der Waals surface area contributed by atoms with Gasteiger partial charge in [-0.1, -0.05) is 32.6 Å². The standard InChI is InChI=1S/C20H25BrF4O2/c1-2-3-12-4-6-13(7-5-12)15-10-26-19(27-11-15)14-8-16(22)18(17(23)9-14)20(21,24)25/h8-9,12-13,15,19H,2-7,10-11H2,1H3. The highest BCUT2D eigenvalue weighted by molar-refractivity contribution is 9.09. The lowest BCUT2D eigenvalue weighted by atomic mass is 9.75. The zero-order chi connectivity index (χ0) is 19.6. The Bertz CT molecular complexity index is 610. The van der Waals surface area contributed by atoms with E-state index in [2.05, 4.69) is 6.92 Å². The van der Waals surface area contributed by atoms with Crippen LogP contribution in [0.2, 0.25) is 0 Å². The van der Waals surface area contributed by atoms with E-state index in [0.29, 0.717) is 19.1 Å². The van der Waals surface area contributed by atoms with Gasteiger partial charge < -0.3 is 9.47 Å². The lowest BCUT2D eigenvalue weighted by molar-refractivity contribution is -0.215. The smallest absolute Gasteiger partial charge is 0.332 e. The lowest BCUT2D eigenvalue weighted by Crippen LogP contribution is -2.34. The number of alkyl halides is 3. The fourth-order valence-electron chi connectivity index (χ4n) is 4.34. The normalized spacial score (nSPS) is 29.7. The molecule has 7 heteroatoms. The van der Waals surface area contributed by atoms with Gasteiger partial charge >= 0.3 is 4.83 Å². The van der Waals surface area contributed by atoms with Crippen LogP contribution in [0.4, 0.5) is 17.6 Å². The minimum Gasteiger partial charge on any atom is -0.348 e. The minimum atomic E-state index is -3.77. The van der Waals surface area contributed by atoms with Crippen molar-refractivity contribution in [1.82, 2.24) is 0 Å². The summed E-state index contributed by atoms with van der Waals surface area (Å²) in [5.41, 5.74) is -1.22. The second kappa shape index (κ2) is 8.78. The topological polar surface area (TPSA) is 18.5 Å². The van der Waals surface area contributed by atoms with Gasteiger partial charge in [-0.15, -0.1) is 0 Å². The van der Waals surface area contributed by atoms with Crippen LogP contribution in [0.15, 0.2) is 12.1 Å². The first kappa shape index (κ1) is 21.1. The second-order valence-electron chi connectivity index (χ2n) is 7.69. The molecule has 0 radical (unpaired) electrons. The molecule has 1 aromatic rings. The van der Waals surface area contributed by atoms with Crippen molar-refractivity contribution < 1.29 is 27.0 Å². The van der Waals surface area contributed by atoms with Crippen molar-refractivity contribution in [2.75, 3.05) is 13.2 Å². The molecule has 2 fully saturated rings. The Morgan fingerprint density at radius 1 is 1.00 bits per heavy atom. The summed E-state index contributed by atoms with van der Waals surface area (Å²) in [4.78, 5) is -3.77. The number of hydrogen-bond acceptors (Lipinski definition) is 2. The van der Waals surface area contributed by atoms with E-state index in [9.17, 15) is 17.6 Å². The van der Waals surface area contributed by atoms with Gasteiger partial charge in [0, 0.05) is 11.5 Å². The molecule has 0 amide bonds. The number of rotatable bonds is 5. The van der Waals surface area contributed by atoms with Crippen molar-refractivity contribution in [3.63, 3.8) is 0 Å². The van der Waals surface area contributed by atoms with Gasteiger partial charge in [-0.3, -0.25) is 0 Å². The SMILES string of the molecule is CCCC1CCC(C2COC(c3cc(F)c(C(F)(F)Br)c(F)c3)OC2)CC1. The number of benzene rings is 1. The monoisotopic (exact) mass is 452 g/mol. The molecule has 0 aromatic heterocycles. The van der Waals surface area contributed by atoms with Crippen LogP contribution >= 0.6 is 15.9 Å². The van der Waals surface area contributed by atoms with Gasteiger partial charge in [0.25, 0.3) is 0 Å². The third-order valence-electron chi connectivity index (χ3n) is 5.80. The quantitative estimate of drug-likeness (QED) is 0.366. The lowest BCUT2D eigenvalue weighted by Gasteiger charge is -2.38. The van der Waals surface area contributed by atoms with Crippen LogP contribution in [0.3, 0.4) is 0 Å². The predicted octanol–water partition coefficient (Wildman–Crippen LogP) is 6.68. The van der Waals surface area contributed by atoms with Gasteiger partial charge in [-0.2, -0.15) is 8.78 Å². The summed E-state index contributed by atoms with van der Waals surface area (Å²) in [6, 6.07) is 1.71. The maximum atomic E-state index is 14.0. The summed E-state index contributed by atoms with van der Waals surface area (Å²) in [7, 11) is 0. The van der Waals surface area contributed by atoms with Crippen LogP contribution in [0.25, 0.3) is 0 Å². The minimum absolute atomic E-state index is 0.0793. The molecular formula is C20H25BrF4O2. The van der Waals surface area contributed by atoms with Gasteiger partial charge in [0.2, 0.25) is 0 Å². The van der Waals surface area contributed by atoms with Gasteiger partial charge in [0.15, 0.2) is 6.29 Å². The van der Waals surface area contributed by atoms with E-state index in [1.54, 1.807) is 0 Å². The molecule has 2 nitrogen and oxygen atoms in total. The van der Waals surface area contributed by atoms with E-state index in [4.69, 9.17) is 9.47 Å². The van der Waals surface area contributed by atoms with E-state index in [1.807, 2.05) is 15.9 Å². The van der Waals surface area contributed by atoms with Crippen LogP contribution in [0, 0.1) is 29.4 Å². The highest BCUT2D eigenvalue weighted by atomic mass is 79.9. The summed E-state index contributed by atoms with van der Waals surface area (Å²) in [6.45, 7) is 3.12. The van der Waals surface area contributed by atoms with Crippen LogP contribution in [-0.2, 0) is 14.3 Å². The maximum Gasteiger partial charge on any atom is 0.332 e. The first-order valence-corrected chi connectivity index (χ1v) is 10.4. The van der Waals surface area contributed by atoms with Gasteiger partial charge in [0.05, 0.1) is 13.2 Å². The van der Waals surface area contributed by atoms with Crippen molar-refractivity contribution in [2.24, 2.45) is 17.8 Å². The molecule has 1 heterocycles. The van der Waals surface area contributed by atoms with Crippen molar-refractivity contribution in [1.29, 1.82) is 0 Å². The molecule has 27 heavy (non-hydrogen) atoms. The highest BCUT2D eigenvalue weighted by Crippen LogP contribution is 2.41. The molecule has 2 aliphatic rings. The Labute approximate surface area is 165 Å². The summed E-state index contributed by atoms with van der Waals surface area (Å²) in [5.74, 6) is -1.01. The van der Waals surface area contributed by atoms with Crippen LogP contribution < -0.4 is 0 Å². The number of hydrogen-bond donors (Lipinski definition) is 0. The van der Waals surface area contributed by atoms with Crippen LogP contribution in [-0.4, -0.2) is 13.2 Å². The van der Waals surface area contributed by atoms with E-state index >= 15 is 0 Å². The number of ether oxygens (including phenoxy) is 2. The molecule has 0 atom stereocenters. The summed E-state index contributed by atoms with van der Waals surface area (Å²) >= 11 is 2.00. The fourth-order valence-corrected chi connectivity index (χ4v) is 4.72. The van der Waals surface area contributed by atoms with Crippen molar-refractivity contribution >= 4 is 15.9 Å². The maximum absolute atomic E-state index is 14.0. The molecular weight excluding hydrogens is 428 g/mol.